The van der Waals surface area contributed by atoms with Crippen molar-refractivity contribution in [3.63, 3.8) is 0 Å². The summed E-state index contributed by atoms with van der Waals surface area (Å²) in [6.07, 6.45) is 1.31. The van der Waals surface area contributed by atoms with E-state index in [9.17, 15) is 10.2 Å². The van der Waals surface area contributed by atoms with Crippen molar-refractivity contribution in [2.24, 2.45) is 0 Å². The van der Waals surface area contributed by atoms with E-state index in [-0.39, 0.29) is 0 Å². The third-order valence-electron chi connectivity index (χ3n) is 2.47. The molecule has 2 rings (SSSR count). The van der Waals surface area contributed by atoms with Gasteiger partial charge in [-0.1, -0.05) is 36.4 Å². The molecule has 0 saturated heterocycles. The first-order valence-electron chi connectivity index (χ1n) is 5.10. The molecule has 82 valence electrons. The number of rotatable bonds is 3. The fourth-order valence-electron chi connectivity index (χ4n) is 1.57. The lowest BCUT2D eigenvalue weighted by atomic mass is 10.00. The summed E-state index contributed by atoms with van der Waals surface area (Å²) in [6, 6.07) is 12.6. The molecule has 0 fully saturated rings. The Balaban J connectivity index is 2.20. The number of aromatic nitrogens is 1. The third-order valence-corrected chi connectivity index (χ3v) is 2.47. The van der Waals surface area contributed by atoms with E-state index in [0.29, 0.717) is 11.1 Å². The second-order valence-electron chi connectivity index (χ2n) is 3.59. The first-order valence-corrected chi connectivity index (χ1v) is 5.10. The van der Waals surface area contributed by atoms with Crippen LogP contribution in [0.25, 0.3) is 0 Å². The smallest absolute Gasteiger partial charge is 0.111 e. The fraction of sp³-hybridized carbons (Fsp3) is 0.154. The lowest BCUT2D eigenvalue weighted by Crippen LogP contribution is -2.10. The van der Waals surface area contributed by atoms with Gasteiger partial charge in [0.25, 0.3) is 0 Å². The number of aliphatic hydroxyl groups is 2. The normalized spacial score (nSPS) is 14.4. The summed E-state index contributed by atoms with van der Waals surface area (Å²) >= 11 is 0. The highest BCUT2D eigenvalue weighted by molar-refractivity contribution is 5.22. The maximum atomic E-state index is 9.96. The number of pyridine rings is 1. The number of hydrogen-bond donors (Lipinski definition) is 2. The van der Waals surface area contributed by atoms with E-state index in [2.05, 4.69) is 4.98 Å². The van der Waals surface area contributed by atoms with Crippen molar-refractivity contribution in [1.82, 2.24) is 4.98 Å². The van der Waals surface area contributed by atoms with Crippen molar-refractivity contribution in [3.8, 4) is 0 Å². The van der Waals surface area contributed by atoms with Gasteiger partial charge in [0, 0.05) is 18.0 Å². The molecule has 0 bridgehead atoms. The highest BCUT2D eigenvalue weighted by atomic mass is 16.3. The largest absolute Gasteiger partial charge is 0.385 e. The molecule has 2 N–H and O–H groups in total. The van der Waals surface area contributed by atoms with Gasteiger partial charge in [0.05, 0.1) is 0 Å². The van der Waals surface area contributed by atoms with Crippen LogP contribution in [0.15, 0.2) is 54.9 Å². The van der Waals surface area contributed by atoms with E-state index >= 15 is 0 Å². The van der Waals surface area contributed by atoms with Crippen LogP contribution in [0.4, 0.5) is 0 Å². The second-order valence-corrected chi connectivity index (χ2v) is 3.59. The Kier molecular flexibility index (Phi) is 3.29. The van der Waals surface area contributed by atoms with Crippen LogP contribution in [-0.2, 0) is 0 Å². The Morgan fingerprint density at radius 3 is 2.06 bits per heavy atom. The molecule has 3 heteroatoms. The highest BCUT2D eigenvalue weighted by Gasteiger charge is 2.19. The van der Waals surface area contributed by atoms with Crippen LogP contribution in [0.3, 0.4) is 0 Å². The molecule has 2 unspecified atom stereocenters. The lowest BCUT2D eigenvalue weighted by molar-refractivity contribution is 0.0170. The van der Waals surface area contributed by atoms with Crippen LogP contribution in [0.2, 0.25) is 0 Å². The zero-order valence-electron chi connectivity index (χ0n) is 8.69. The predicted octanol–water partition coefficient (Wildman–Crippen LogP) is 1.85. The number of hydrogen-bond acceptors (Lipinski definition) is 3. The van der Waals surface area contributed by atoms with Gasteiger partial charge in [-0.25, -0.2) is 0 Å². The number of nitrogens with zero attached hydrogens (tertiary/aromatic N) is 1. The zero-order chi connectivity index (χ0) is 11.4. The molecule has 0 saturated carbocycles. The molecule has 0 amide bonds. The van der Waals surface area contributed by atoms with Crippen molar-refractivity contribution in [3.05, 3.63) is 66.0 Å². The van der Waals surface area contributed by atoms with Gasteiger partial charge in [0.1, 0.15) is 12.2 Å². The minimum atomic E-state index is -0.948. The molecule has 2 aromatic rings. The Morgan fingerprint density at radius 1 is 0.812 bits per heavy atom. The Labute approximate surface area is 94.0 Å². The summed E-state index contributed by atoms with van der Waals surface area (Å²) in [4.78, 5) is 3.91. The second kappa shape index (κ2) is 4.88. The number of aliphatic hydroxyl groups excluding tert-OH is 2. The van der Waals surface area contributed by atoms with Gasteiger partial charge in [0.2, 0.25) is 0 Å². The molecule has 0 aliphatic rings. The Bertz CT molecular complexity index is 387. The van der Waals surface area contributed by atoms with Crippen molar-refractivity contribution >= 4 is 0 Å². The SMILES string of the molecule is OC(c1ccccc1)C(O)c1cccnc1. The van der Waals surface area contributed by atoms with E-state index in [0.717, 1.165) is 0 Å². The molecule has 1 aromatic carbocycles. The van der Waals surface area contributed by atoms with Crippen LogP contribution >= 0.6 is 0 Å². The topological polar surface area (TPSA) is 53.4 Å². The average molecular weight is 215 g/mol. The summed E-state index contributed by atoms with van der Waals surface area (Å²) in [5, 5.41) is 19.9. The minimum absolute atomic E-state index is 0.610. The van der Waals surface area contributed by atoms with Crippen molar-refractivity contribution < 1.29 is 10.2 Å². The van der Waals surface area contributed by atoms with E-state index in [4.69, 9.17) is 0 Å². The van der Waals surface area contributed by atoms with E-state index in [1.807, 2.05) is 18.2 Å². The monoisotopic (exact) mass is 215 g/mol. The van der Waals surface area contributed by atoms with Gasteiger partial charge < -0.3 is 10.2 Å². The molecule has 0 spiro atoms. The molecular weight excluding hydrogens is 202 g/mol. The average Bonchev–Trinajstić information content (AvgIpc) is 2.39. The maximum absolute atomic E-state index is 9.96. The molecule has 1 aromatic heterocycles. The molecule has 0 aliphatic carbocycles. The quantitative estimate of drug-likeness (QED) is 0.821. The number of benzene rings is 1. The zero-order valence-corrected chi connectivity index (χ0v) is 8.69. The molecular formula is C13H13NO2. The summed E-state index contributed by atoms with van der Waals surface area (Å²) in [7, 11) is 0. The molecule has 3 nitrogen and oxygen atoms in total. The van der Waals surface area contributed by atoms with E-state index in [1.54, 1.807) is 36.7 Å². The van der Waals surface area contributed by atoms with Gasteiger partial charge in [-0.2, -0.15) is 0 Å². The van der Waals surface area contributed by atoms with Gasteiger partial charge >= 0.3 is 0 Å². The van der Waals surface area contributed by atoms with Gasteiger partial charge in [-0.3, -0.25) is 4.98 Å². The summed E-state index contributed by atoms with van der Waals surface area (Å²) < 4.78 is 0. The minimum Gasteiger partial charge on any atom is -0.385 e. The van der Waals surface area contributed by atoms with Gasteiger partial charge in [-0.05, 0) is 11.6 Å². The molecule has 2 atom stereocenters. The highest BCUT2D eigenvalue weighted by Crippen LogP contribution is 2.27. The predicted molar refractivity (Wildman–Crippen MR) is 60.6 cm³/mol. The van der Waals surface area contributed by atoms with Crippen LogP contribution in [0.1, 0.15) is 23.3 Å². The maximum Gasteiger partial charge on any atom is 0.111 e. The summed E-state index contributed by atoms with van der Waals surface area (Å²) in [5.74, 6) is 0. The molecule has 0 aliphatic heterocycles. The Hall–Kier alpha value is -1.71. The first kappa shape index (κ1) is 10.8. The van der Waals surface area contributed by atoms with Crippen molar-refractivity contribution in [2.45, 2.75) is 12.2 Å². The third kappa shape index (κ3) is 2.27. The fourth-order valence-corrected chi connectivity index (χ4v) is 1.57. The molecule has 16 heavy (non-hydrogen) atoms. The van der Waals surface area contributed by atoms with Crippen LogP contribution in [0.5, 0.6) is 0 Å². The molecule has 0 radical (unpaired) electrons. The van der Waals surface area contributed by atoms with Crippen molar-refractivity contribution in [1.29, 1.82) is 0 Å². The van der Waals surface area contributed by atoms with E-state index < -0.39 is 12.2 Å². The summed E-state index contributed by atoms with van der Waals surface area (Å²) in [6.45, 7) is 0. The summed E-state index contributed by atoms with van der Waals surface area (Å²) in [5.41, 5.74) is 1.30. The standard InChI is InChI=1S/C13H13NO2/c15-12(10-5-2-1-3-6-10)13(16)11-7-4-8-14-9-11/h1-9,12-13,15-16H. The van der Waals surface area contributed by atoms with E-state index in [1.165, 1.54) is 0 Å². The molecule has 1 heterocycles. The van der Waals surface area contributed by atoms with Gasteiger partial charge in [-0.15, -0.1) is 0 Å². The van der Waals surface area contributed by atoms with Crippen LogP contribution in [0, 0.1) is 0 Å². The van der Waals surface area contributed by atoms with Gasteiger partial charge in [0.15, 0.2) is 0 Å². The van der Waals surface area contributed by atoms with Crippen LogP contribution < -0.4 is 0 Å². The van der Waals surface area contributed by atoms with Crippen molar-refractivity contribution in [2.75, 3.05) is 0 Å². The van der Waals surface area contributed by atoms with Crippen LogP contribution in [-0.4, -0.2) is 15.2 Å². The first-order chi connectivity index (χ1) is 7.79. The Morgan fingerprint density at radius 2 is 1.44 bits per heavy atom. The lowest BCUT2D eigenvalue weighted by Gasteiger charge is -2.17.